The summed E-state index contributed by atoms with van der Waals surface area (Å²) in [7, 11) is 1.62. The first-order chi connectivity index (χ1) is 8.47. The van der Waals surface area contributed by atoms with E-state index in [1.165, 1.54) is 0 Å². The fourth-order valence-electron chi connectivity index (χ4n) is 2.36. The molecule has 0 heterocycles. The van der Waals surface area contributed by atoms with Crippen molar-refractivity contribution in [1.82, 2.24) is 0 Å². The third-order valence-corrected chi connectivity index (χ3v) is 4.37. The van der Waals surface area contributed by atoms with Gasteiger partial charge in [-0.05, 0) is 65.7 Å². The maximum absolute atomic E-state index is 11.5. The Labute approximate surface area is 115 Å². The summed E-state index contributed by atoms with van der Waals surface area (Å²) in [5.74, 6) is 0.384. The van der Waals surface area contributed by atoms with Crippen LogP contribution in [-0.4, -0.2) is 18.2 Å². The molecule has 1 N–H and O–H groups in total. The van der Waals surface area contributed by atoms with E-state index in [0.29, 0.717) is 12.3 Å². The Bertz CT molecular complexity index is 468. The van der Waals surface area contributed by atoms with E-state index in [1.54, 1.807) is 7.11 Å². The molecule has 1 unspecified atom stereocenters. The highest BCUT2D eigenvalue weighted by atomic mass is 79.9. The molecule has 1 atom stereocenters. The molecule has 3 nitrogen and oxygen atoms in total. The minimum Gasteiger partial charge on any atom is -0.496 e. The number of ether oxygens (including phenoxy) is 1. The van der Waals surface area contributed by atoms with Crippen LogP contribution in [0.3, 0.4) is 0 Å². The van der Waals surface area contributed by atoms with Crippen molar-refractivity contribution in [3.8, 4) is 5.75 Å². The van der Waals surface area contributed by atoms with Gasteiger partial charge in [0.05, 0.1) is 17.0 Å². The summed E-state index contributed by atoms with van der Waals surface area (Å²) in [6, 6.07) is 5.75. The highest BCUT2D eigenvalue weighted by Crippen LogP contribution is 2.47. The zero-order valence-corrected chi connectivity index (χ0v) is 12.2. The van der Waals surface area contributed by atoms with Gasteiger partial charge in [-0.3, -0.25) is 4.79 Å². The molecule has 2 rings (SSSR count). The number of hydrogen-bond donors (Lipinski definition) is 1. The average Bonchev–Trinajstić information content (AvgIpc) is 3.13. The summed E-state index contributed by atoms with van der Waals surface area (Å²) < 4.78 is 6.04. The Morgan fingerprint density at radius 1 is 1.56 bits per heavy atom. The van der Waals surface area contributed by atoms with Crippen LogP contribution < -0.4 is 4.74 Å². The second kappa shape index (κ2) is 4.92. The molecule has 0 saturated heterocycles. The smallest absolute Gasteiger partial charge is 0.309 e. The third kappa shape index (κ3) is 2.53. The number of benzene rings is 1. The van der Waals surface area contributed by atoms with Gasteiger partial charge in [-0.2, -0.15) is 0 Å². The molecular weight excluding hydrogens is 296 g/mol. The van der Waals surface area contributed by atoms with E-state index in [9.17, 15) is 9.90 Å². The molecular formula is C14H17BrO3. The second-order valence-corrected chi connectivity index (χ2v) is 6.00. The first-order valence-corrected chi connectivity index (χ1v) is 6.82. The van der Waals surface area contributed by atoms with E-state index in [0.717, 1.165) is 28.6 Å². The topological polar surface area (TPSA) is 46.5 Å². The Kier molecular flexibility index (Phi) is 3.66. The molecule has 1 aromatic carbocycles. The molecule has 18 heavy (non-hydrogen) atoms. The minimum absolute atomic E-state index is 0.316. The largest absolute Gasteiger partial charge is 0.496 e. The lowest BCUT2D eigenvalue weighted by Gasteiger charge is -2.24. The zero-order chi connectivity index (χ0) is 13.3. The maximum Gasteiger partial charge on any atom is 0.309 e. The number of rotatable bonds is 5. The van der Waals surface area contributed by atoms with Crippen LogP contribution in [-0.2, 0) is 11.2 Å². The summed E-state index contributed by atoms with van der Waals surface area (Å²) in [5.41, 5.74) is 0.382. The molecule has 0 aromatic heterocycles. The van der Waals surface area contributed by atoms with E-state index in [4.69, 9.17) is 4.74 Å². The Morgan fingerprint density at radius 2 is 2.22 bits per heavy atom. The van der Waals surface area contributed by atoms with Gasteiger partial charge in [-0.1, -0.05) is 6.07 Å². The molecule has 1 aromatic rings. The molecule has 0 bridgehead atoms. The van der Waals surface area contributed by atoms with Crippen LogP contribution >= 0.6 is 15.9 Å². The van der Waals surface area contributed by atoms with Gasteiger partial charge in [0.15, 0.2) is 0 Å². The molecule has 0 aliphatic heterocycles. The van der Waals surface area contributed by atoms with E-state index in [2.05, 4.69) is 15.9 Å². The van der Waals surface area contributed by atoms with Crippen LogP contribution in [0.1, 0.15) is 25.3 Å². The van der Waals surface area contributed by atoms with Crippen molar-refractivity contribution in [1.29, 1.82) is 0 Å². The summed E-state index contributed by atoms with van der Waals surface area (Å²) in [5, 5.41) is 9.44. The van der Waals surface area contributed by atoms with Crippen LogP contribution in [0.4, 0.5) is 0 Å². The Balaban J connectivity index is 2.22. The predicted molar refractivity (Wildman–Crippen MR) is 72.9 cm³/mol. The van der Waals surface area contributed by atoms with Crippen molar-refractivity contribution in [2.24, 2.45) is 11.3 Å². The molecule has 4 heteroatoms. The summed E-state index contributed by atoms with van der Waals surface area (Å²) in [6.45, 7) is 1.85. The number of hydrogen-bond acceptors (Lipinski definition) is 2. The van der Waals surface area contributed by atoms with Crippen molar-refractivity contribution in [3.05, 3.63) is 28.2 Å². The number of carboxylic acids is 1. The number of carboxylic acid groups (broad SMARTS) is 1. The van der Waals surface area contributed by atoms with Crippen molar-refractivity contribution >= 4 is 21.9 Å². The molecule has 1 fully saturated rings. The quantitative estimate of drug-likeness (QED) is 0.905. The number of carbonyl (C=O) groups is 1. The van der Waals surface area contributed by atoms with Gasteiger partial charge in [0, 0.05) is 0 Å². The van der Waals surface area contributed by atoms with Gasteiger partial charge in [-0.15, -0.1) is 0 Å². The molecule has 1 saturated carbocycles. The van der Waals surface area contributed by atoms with Crippen molar-refractivity contribution in [3.63, 3.8) is 0 Å². The Hall–Kier alpha value is -1.03. The number of aliphatic carboxylic acids is 1. The standard InChI is InChI=1S/C14H17BrO3/c1-14(13(16)17,10-4-5-10)8-9-3-6-12(18-2)11(15)7-9/h3,6-7,10H,4-5,8H2,1-2H3,(H,16,17). The van der Waals surface area contributed by atoms with Crippen LogP contribution in [0, 0.1) is 11.3 Å². The van der Waals surface area contributed by atoms with Gasteiger partial charge in [0.2, 0.25) is 0 Å². The van der Waals surface area contributed by atoms with E-state index in [-0.39, 0.29) is 0 Å². The normalized spacial score (nSPS) is 18.2. The third-order valence-electron chi connectivity index (χ3n) is 3.75. The first-order valence-electron chi connectivity index (χ1n) is 6.03. The van der Waals surface area contributed by atoms with Crippen molar-refractivity contribution in [2.45, 2.75) is 26.2 Å². The van der Waals surface area contributed by atoms with E-state index >= 15 is 0 Å². The molecule has 0 amide bonds. The van der Waals surface area contributed by atoms with Crippen LogP contribution in [0.5, 0.6) is 5.75 Å². The summed E-state index contributed by atoms with van der Waals surface area (Å²) in [4.78, 5) is 11.5. The van der Waals surface area contributed by atoms with Gasteiger partial charge in [-0.25, -0.2) is 0 Å². The monoisotopic (exact) mass is 312 g/mol. The predicted octanol–water partition coefficient (Wildman–Crippen LogP) is 3.50. The van der Waals surface area contributed by atoms with E-state index < -0.39 is 11.4 Å². The molecule has 1 aliphatic carbocycles. The summed E-state index contributed by atoms with van der Waals surface area (Å²) >= 11 is 3.43. The SMILES string of the molecule is COc1ccc(CC(C)(C(=O)O)C2CC2)cc1Br. The zero-order valence-electron chi connectivity index (χ0n) is 10.6. The van der Waals surface area contributed by atoms with Crippen LogP contribution in [0.2, 0.25) is 0 Å². The molecule has 1 aliphatic rings. The van der Waals surface area contributed by atoms with Crippen LogP contribution in [0.15, 0.2) is 22.7 Å². The molecule has 0 radical (unpaired) electrons. The fraction of sp³-hybridized carbons (Fsp3) is 0.500. The van der Waals surface area contributed by atoms with Gasteiger partial charge < -0.3 is 9.84 Å². The minimum atomic E-state index is -0.697. The van der Waals surface area contributed by atoms with Gasteiger partial charge in [0.25, 0.3) is 0 Å². The molecule has 98 valence electrons. The van der Waals surface area contributed by atoms with Crippen molar-refractivity contribution < 1.29 is 14.6 Å². The van der Waals surface area contributed by atoms with Crippen molar-refractivity contribution in [2.75, 3.05) is 7.11 Å². The highest BCUT2D eigenvalue weighted by molar-refractivity contribution is 9.10. The average molecular weight is 313 g/mol. The summed E-state index contributed by atoms with van der Waals surface area (Å²) in [6.07, 6.45) is 2.62. The maximum atomic E-state index is 11.5. The fourth-order valence-corrected chi connectivity index (χ4v) is 2.95. The van der Waals surface area contributed by atoms with Gasteiger partial charge >= 0.3 is 5.97 Å². The lowest BCUT2D eigenvalue weighted by Crippen LogP contribution is -2.32. The first kappa shape index (κ1) is 13.4. The van der Waals surface area contributed by atoms with E-state index in [1.807, 2.05) is 25.1 Å². The lowest BCUT2D eigenvalue weighted by molar-refractivity contribution is -0.149. The van der Waals surface area contributed by atoms with Gasteiger partial charge in [0.1, 0.15) is 5.75 Å². The second-order valence-electron chi connectivity index (χ2n) is 5.14. The molecule has 0 spiro atoms. The lowest BCUT2D eigenvalue weighted by atomic mass is 9.79. The highest BCUT2D eigenvalue weighted by Gasteiger charge is 2.47. The number of halogens is 1. The Morgan fingerprint density at radius 3 is 2.67 bits per heavy atom. The number of methoxy groups -OCH3 is 1. The van der Waals surface area contributed by atoms with Crippen LogP contribution in [0.25, 0.3) is 0 Å².